The zero-order valence-electron chi connectivity index (χ0n) is 12.8. The van der Waals surface area contributed by atoms with E-state index >= 15 is 0 Å². The molecule has 0 saturated carbocycles. The normalized spacial score (nSPS) is 9.10. The largest absolute Gasteiger partial charge is 0.444 e. The van der Waals surface area contributed by atoms with Gasteiger partial charge in [-0.1, -0.05) is 35.9 Å². The predicted molar refractivity (Wildman–Crippen MR) is 79.6 cm³/mol. The predicted octanol–water partition coefficient (Wildman–Crippen LogP) is 2.31. The lowest BCUT2D eigenvalue weighted by molar-refractivity contribution is -0.107. The molecule has 114 valence electrons. The van der Waals surface area contributed by atoms with Crippen molar-refractivity contribution < 1.29 is 19.4 Å². The van der Waals surface area contributed by atoms with Crippen LogP contribution < -0.4 is 5.32 Å². The Kier molecular flexibility index (Phi) is 12.4. The van der Waals surface area contributed by atoms with Crippen LogP contribution in [0, 0.1) is 6.92 Å². The number of aryl methyl sites for hydroxylation is 1. The summed E-state index contributed by atoms with van der Waals surface area (Å²) in [6.07, 6.45) is 0.0359. The van der Waals surface area contributed by atoms with Crippen LogP contribution in [-0.2, 0) is 9.53 Å². The van der Waals surface area contributed by atoms with Gasteiger partial charge in [0.25, 0.3) is 0 Å². The summed E-state index contributed by atoms with van der Waals surface area (Å²) in [6.45, 7) is 7.35. The van der Waals surface area contributed by atoms with Gasteiger partial charge in [0.05, 0.1) is 6.54 Å². The highest BCUT2D eigenvalue weighted by Crippen LogP contribution is 2.05. The van der Waals surface area contributed by atoms with E-state index in [-0.39, 0.29) is 6.54 Å². The number of amides is 1. The van der Waals surface area contributed by atoms with E-state index in [0.717, 1.165) is 7.11 Å². The monoisotopic (exact) mass is 283 g/mol. The van der Waals surface area contributed by atoms with Crippen molar-refractivity contribution in [3.05, 3.63) is 35.9 Å². The third-order valence-corrected chi connectivity index (χ3v) is 1.67. The Hall–Kier alpha value is -1.88. The van der Waals surface area contributed by atoms with Crippen LogP contribution in [0.2, 0.25) is 0 Å². The van der Waals surface area contributed by atoms with E-state index in [1.807, 2.05) is 18.2 Å². The molecule has 5 nitrogen and oxygen atoms in total. The van der Waals surface area contributed by atoms with E-state index in [9.17, 15) is 9.59 Å². The van der Waals surface area contributed by atoms with Gasteiger partial charge in [0.1, 0.15) is 11.9 Å². The Bertz CT molecular complexity index is 358. The van der Waals surface area contributed by atoms with Gasteiger partial charge in [0, 0.05) is 7.11 Å². The fraction of sp³-hybridized carbons (Fsp3) is 0.467. The lowest BCUT2D eigenvalue weighted by Crippen LogP contribution is -2.33. The molecule has 0 aliphatic carbocycles. The molecular formula is C15H25NO4. The molecule has 0 unspecified atom stereocenters. The number of aliphatic hydroxyl groups is 1. The quantitative estimate of drug-likeness (QED) is 0.817. The third-order valence-electron chi connectivity index (χ3n) is 1.67. The van der Waals surface area contributed by atoms with Crippen LogP contribution in [-0.4, -0.2) is 36.7 Å². The van der Waals surface area contributed by atoms with E-state index in [4.69, 9.17) is 9.84 Å². The van der Waals surface area contributed by atoms with Gasteiger partial charge in [-0.2, -0.15) is 0 Å². The van der Waals surface area contributed by atoms with E-state index in [0.29, 0.717) is 6.29 Å². The summed E-state index contributed by atoms with van der Waals surface area (Å²) in [6, 6.07) is 10.3. The number of nitrogens with one attached hydrogen (secondary N) is 1. The molecule has 20 heavy (non-hydrogen) atoms. The molecule has 5 heteroatoms. The topological polar surface area (TPSA) is 75.6 Å². The average Bonchev–Trinajstić information content (AvgIpc) is 2.38. The molecule has 1 amide bonds. The van der Waals surface area contributed by atoms with Gasteiger partial charge >= 0.3 is 6.09 Å². The zero-order valence-corrected chi connectivity index (χ0v) is 12.8. The van der Waals surface area contributed by atoms with Crippen molar-refractivity contribution in [2.45, 2.75) is 33.3 Å². The molecular weight excluding hydrogens is 258 g/mol. The first-order valence-electron chi connectivity index (χ1n) is 6.22. The highest BCUT2D eigenvalue weighted by molar-refractivity contribution is 5.71. The van der Waals surface area contributed by atoms with Gasteiger partial charge in [-0.05, 0) is 27.7 Å². The number of carbonyl (C=O) groups is 2. The Morgan fingerprint density at radius 2 is 1.75 bits per heavy atom. The van der Waals surface area contributed by atoms with Crippen LogP contribution in [0.1, 0.15) is 26.3 Å². The van der Waals surface area contributed by atoms with Crippen LogP contribution in [0.25, 0.3) is 0 Å². The van der Waals surface area contributed by atoms with Crippen LogP contribution in [0.3, 0.4) is 0 Å². The van der Waals surface area contributed by atoms with Gasteiger partial charge in [-0.25, -0.2) is 4.79 Å². The van der Waals surface area contributed by atoms with E-state index in [1.54, 1.807) is 20.8 Å². The van der Waals surface area contributed by atoms with Crippen molar-refractivity contribution in [3.8, 4) is 0 Å². The number of ether oxygens (including phenoxy) is 1. The molecule has 1 aromatic rings. The van der Waals surface area contributed by atoms with Crippen molar-refractivity contribution in [2.24, 2.45) is 0 Å². The Labute approximate surface area is 121 Å². The summed E-state index contributed by atoms with van der Waals surface area (Å²) in [7, 11) is 1.00. The van der Waals surface area contributed by atoms with Crippen LogP contribution >= 0.6 is 0 Å². The first-order chi connectivity index (χ1) is 9.35. The summed E-state index contributed by atoms with van der Waals surface area (Å²) in [5.41, 5.74) is 0.815. The van der Waals surface area contributed by atoms with Crippen molar-refractivity contribution in [1.82, 2.24) is 5.32 Å². The standard InChI is InChI=1S/C7H13NO3.C7H8.CH4O/c1-7(2,3)11-6(10)8-4-5-9;1-7-5-3-2-4-6-7;1-2/h5H,4H2,1-3H3,(H,8,10);2-6H,1H3;2H,1H3. The van der Waals surface area contributed by atoms with Crippen LogP contribution in [0.15, 0.2) is 30.3 Å². The number of benzene rings is 1. The fourth-order valence-corrected chi connectivity index (χ4v) is 0.974. The number of hydrogen-bond donors (Lipinski definition) is 2. The molecule has 2 N–H and O–H groups in total. The number of aldehydes is 1. The van der Waals surface area contributed by atoms with Gasteiger partial charge in [-0.3, -0.25) is 0 Å². The first-order valence-corrected chi connectivity index (χ1v) is 6.22. The SMILES string of the molecule is CC(C)(C)OC(=O)NCC=O.CO.Cc1ccccc1. The second kappa shape index (κ2) is 12.2. The highest BCUT2D eigenvalue weighted by atomic mass is 16.6. The zero-order chi connectivity index (χ0) is 16.0. The highest BCUT2D eigenvalue weighted by Gasteiger charge is 2.14. The molecule has 1 rings (SSSR count). The molecule has 0 fully saturated rings. The van der Waals surface area contributed by atoms with Gasteiger partial charge in [0.2, 0.25) is 0 Å². The lowest BCUT2D eigenvalue weighted by atomic mass is 10.2. The molecule has 0 aromatic heterocycles. The van der Waals surface area contributed by atoms with E-state index in [1.165, 1.54) is 5.56 Å². The van der Waals surface area contributed by atoms with Crippen molar-refractivity contribution >= 4 is 12.4 Å². The van der Waals surface area contributed by atoms with Crippen LogP contribution in [0.5, 0.6) is 0 Å². The third kappa shape index (κ3) is 16.1. The van der Waals surface area contributed by atoms with Crippen LogP contribution in [0.4, 0.5) is 4.79 Å². The molecule has 0 radical (unpaired) electrons. The number of aliphatic hydroxyl groups excluding tert-OH is 1. The molecule has 0 saturated heterocycles. The second-order valence-corrected chi connectivity index (χ2v) is 4.70. The van der Waals surface area contributed by atoms with Gasteiger partial charge in [-0.15, -0.1) is 0 Å². The van der Waals surface area contributed by atoms with Crippen molar-refractivity contribution in [1.29, 1.82) is 0 Å². The molecule has 0 heterocycles. The molecule has 0 spiro atoms. The van der Waals surface area contributed by atoms with E-state index in [2.05, 4.69) is 24.4 Å². The summed E-state index contributed by atoms with van der Waals surface area (Å²) in [5.74, 6) is 0. The minimum Gasteiger partial charge on any atom is -0.444 e. The van der Waals surface area contributed by atoms with Crippen molar-refractivity contribution in [2.75, 3.05) is 13.7 Å². The number of carbonyl (C=O) groups excluding carboxylic acids is 2. The second-order valence-electron chi connectivity index (χ2n) is 4.70. The maximum Gasteiger partial charge on any atom is 0.408 e. The Morgan fingerprint density at radius 3 is 2.05 bits per heavy atom. The van der Waals surface area contributed by atoms with Crippen molar-refractivity contribution in [3.63, 3.8) is 0 Å². The summed E-state index contributed by atoms with van der Waals surface area (Å²) in [4.78, 5) is 20.5. The first kappa shape index (κ1) is 20.4. The lowest BCUT2D eigenvalue weighted by Gasteiger charge is -2.18. The maximum atomic E-state index is 10.7. The minimum absolute atomic E-state index is 0.00505. The fourth-order valence-electron chi connectivity index (χ4n) is 0.974. The number of hydrogen-bond acceptors (Lipinski definition) is 4. The van der Waals surface area contributed by atoms with Gasteiger partial charge in [0.15, 0.2) is 0 Å². The molecule has 0 bridgehead atoms. The van der Waals surface area contributed by atoms with E-state index < -0.39 is 11.7 Å². The molecule has 0 aliphatic heterocycles. The molecule has 0 atom stereocenters. The smallest absolute Gasteiger partial charge is 0.408 e. The number of rotatable bonds is 2. The summed E-state index contributed by atoms with van der Waals surface area (Å²) >= 11 is 0. The van der Waals surface area contributed by atoms with Gasteiger partial charge < -0.3 is 20.0 Å². The Morgan fingerprint density at radius 1 is 1.25 bits per heavy atom. The number of alkyl carbamates (subject to hydrolysis) is 1. The minimum atomic E-state index is -0.565. The summed E-state index contributed by atoms with van der Waals surface area (Å²) < 4.78 is 4.83. The molecule has 0 aliphatic rings. The Balaban J connectivity index is 0. The molecule has 1 aromatic carbocycles. The average molecular weight is 283 g/mol. The summed E-state index contributed by atoms with van der Waals surface area (Å²) in [5, 5.41) is 9.26. The maximum absolute atomic E-state index is 10.7.